The number of nitrogens with two attached hydrogens (primary N) is 1. The van der Waals surface area contributed by atoms with E-state index >= 15 is 0 Å². The number of nitrogen functional groups attached to an aromatic ring is 1. The lowest BCUT2D eigenvalue weighted by atomic mass is 9.85. The lowest BCUT2D eigenvalue weighted by Crippen LogP contribution is -2.40. The number of nitrogens with zero attached hydrogens (tertiary/aromatic N) is 1. The van der Waals surface area contributed by atoms with Gasteiger partial charge in [0.25, 0.3) is 6.47 Å². The highest BCUT2D eigenvalue weighted by Gasteiger charge is 2.39. The summed E-state index contributed by atoms with van der Waals surface area (Å²) in [5.41, 5.74) is 8.40. The molecule has 2 aliphatic rings. The Bertz CT molecular complexity index is 926. The Morgan fingerprint density at radius 3 is 2.43 bits per heavy atom. The summed E-state index contributed by atoms with van der Waals surface area (Å²) >= 11 is 1.72. The fraction of sp³-hybridized carbons (Fsp3) is 0.435. The zero-order valence-electron chi connectivity index (χ0n) is 17.4. The molecule has 30 heavy (non-hydrogen) atoms. The molecule has 1 aromatic heterocycles. The van der Waals surface area contributed by atoms with E-state index in [2.05, 4.69) is 31.0 Å². The number of thiophene rings is 1. The molecule has 160 valence electrons. The number of rotatable bonds is 5. The molecular weight excluding hydrogens is 398 g/mol. The number of ketones is 1. The largest absolute Gasteiger partial charge is 0.483 e. The molecule has 0 spiro atoms. The van der Waals surface area contributed by atoms with Crippen LogP contribution in [-0.4, -0.2) is 47.1 Å². The fourth-order valence-electron chi connectivity index (χ4n) is 4.74. The molecule has 4 rings (SSSR count). The van der Waals surface area contributed by atoms with Crippen LogP contribution >= 0.6 is 11.3 Å². The minimum Gasteiger partial charge on any atom is -0.483 e. The summed E-state index contributed by atoms with van der Waals surface area (Å²) in [4.78, 5) is 26.0. The van der Waals surface area contributed by atoms with Gasteiger partial charge in [0.05, 0.1) is 0 Å². The minimum absolute atomic E-state index is 0.0627. The number of hydrogen-bond donors (Lipinski definition) is 3. The Labute approximate surface area is 181 Å². The van der Waals surface area contributed by atoms with Gasteiger partial charge in [-0.15, -0.1) is 11.3 Å². The van der Waals surface area contributed by atoms with Crippen LogP contribution in [-0.2, 0) is 9.59 Å². The van der Waals surface area contributed by atoms with Gasteiger partial charge in [-0.2, -0.15) is 0 Å². The van der Waals surface area contributed by atoms with Crippen molar-refractivity contribution < 1.29 is 14.7 Å². The molecule has 2 atom stereocenters. The number of hydrogen-bond acceptors (Lipinski definition) is 6. The predicted octanol–water partition coefficient (Wildman–Crippen LogP) is 4.21. The van der Waals surface area contributed by atoms with E-state index < -0.39 is 0 Å². The summed E-state index contributed by atoms with van der Waals surface area (Å²) in [6.45, 7) is 1.83. The van der Waals surface area contributed by atoms with E-state index in [0.29, 0.717) is 35.7 Å². The highest BCUT2D eigenvalue weighted by atomic mass is 32.1. The van der Waals surface area contributed by atoms with Crippen molar-refractivity contribution in [1.82, 2.24) is 4.90 Å². The molecule has 6 nitrogen and oxygen atoms in total. The number of anilines is 1. The number of fused-ring (bicyclic) bond motifs is 2. The van der Waals surface area contributed by atoms with Gasteiger partial charge in [0.2, 0.25) is 0 Å². The Morgan fingerprint density at radius 1 is 1.27 bits per heavy atom. The van der Waals surface area contributed by atoms with Crippen LogP contribution in [0.5, 0.6) is 0 Å². The number of carbonyl (C=O) groups excluding carboxylic acids is 1. The molecular formula is C23H29N3O3S. The molecule has 0 aliphatic carbocycles. The standard InChI is InChI=1S/C22H27N3OS.CH2O2/c1-13-3-8-21(27-13)15-4-7-18(19(23)12-15)22(24)20(26)11-14-9-16-5-6-17(10-14)25(16)2;2-1-3/h3-4,7-8,12,14,16-17,24H,5-6,9-11,23H2,1-2H3;1H,(H,2,3). The normalized spacial score (nSPS) is 22.8. The van der Waals surface area contributed by atoms with Gasteiger partial charge in [0, 0.05) is 39.5 Å². The third-order valence-electron chi connectivity index (χ3n) is 6.29. The number of aryl methyl sites for hydroxylation is 1. The Balaban J connectivity index is 0.000000806. The van der Waals surface area contributed by atoms with Crippen LogP contribution in [0.2, 0.25) is 0 Å². The first kappa shape index (κ1) is 22.2. The van der Waals surface area contributed by atoms with E-state index in [0.717, 1.165) is 23.3 Å². The van der Waals surface area contributed by atoms with Gasteiger partial charge >= 0.3 is 0 Å². The van der Waals surface area contributed by atoms with E-state index in [4.69, 9.17) is 21.0 Å². The Hall–Kier alpha value is -2.51. The van der Waals surface area contributed by atoms with Crippen LogP contribution in [0.3, 0.4) is 0 Å². The fourth-order valence-corrected chi connectivity index (χ4v) is 5.60. The minimum atomic E-state index is -0.250. The molecule has 2 unspecified atom stereocenters. The first-order valence-corrected chi connectivity index (χ1v) is 11.0. The average Bonchev–Trinajstić information content (AvgIpc) is 3.21. The topological polar surface area (TPSA) is 107 Å². The molecule has 1 aromatic carbocycles. The molecule has 2 aliphatic heterocycles. The molecule has 2 bridgehead atoms. The van der Waals surface area contributed by atoms with Gasteiger partial charge in [0.15, 0.2) is 5.78 Å². The van der Waals surface area contributed by atoms with Crippen LogP contribution in [0.1, 0.15) is 42.5 Å². The maximum atomic E-state index is 12.7. The van der Waals surface area contributed by atoms with Crippen molar-refractivity contribution >= 4 is 35.0 Å². The van der Waals surface area contributed by atoms with Crippen molar-refractivity contribution in [2.24, 2.45) is 5.92 Å². The Kier molecular flexibility index (Phi) is 7.05. The maximum Gasteiger partial charge on any atom is 0.290 e. The number of Topliss-reactive ketones (excluding diaryl/α,β-unsaturated/α-hetero) is 1. The molecule has 0 radical (unpaired) electrons. The lowest BCUT2D eigenvalue weighted by molar-refractivity contribution is -0.123. The predicted molar refractivity (Wildman–Crippen MR) is 121 cm³/mol. The smallest absolute Gasteiger partial charge is 0.290 e. The van der Waals surface area contributed by atoms with Gasteiger partial charge in [-0.05, 0) is 75.4 Å². The van der Waals surface area contributed by atoms with Crippen LogP contribution in [0.25, 0.3) is 10.4 Å². The summed E-state index contributed by atoms with van der Waals surface area (Å²) in [6.07, 6.45) is 5.14. The molecule has 0 amide bonds. The van der Waals surface area contributed by atoms with E-state index in [9.17, 15) is 4.79 Å². The highest BCUT2D eigenvalue weighted by molar-refractivity contribution is 7.15. The highest BCUT2D eigenvalue weighted by Crippen LogP contribution is 2.39. The van der Waals surface area contributed by atoms with E-state index in [1.807, 2.05) is 18.2 Å². The number of nitrogens with one attached hydrogen (secondary N) is 1. The summed E-state index contributed by atoms with van der Waals surface area (Å²) in [5, 5.41) is 15.3. The van der Waals surface area contributed by atoms with E-state index in [1.54, 1.807) is 11.3 Å². The summed E-state index contributed by atoms with van der Waals surface area (Å²) < 4.78 is 0. The average molecular weight is 428 g/mol. The third-order valence-corrected chi connectivity index (χ3v) is 7.34. The van der Waals surface area contributed by atoms with Crippen molar-refractivity contribution in [3.05, 3.63) is 40.8 Å². The summed E-state index contributed by atoms with van der Waals surface area (Å²) in [6, 6.07) is 11.1. The van der Waals surface area contributed by atoms with Gasteiger partial charge in [-0.1, -0.05) is 6.07 Å². The van der Waals surface area contributed by atoms with Crippen LogP contribution in [0.15, 0.2) is 30.3 Å². The molecule has 2 aromatic rings. The van der Waals surface area contributed by atoms with Crippen molar-refractivity contribution in [3.63, 3.8) is 0 Å². The molecule has 3 heterocycles. The second kappa shape index (κ2) is 9.53. The van der Waals surface area contributed by atoms with Crippen molar-refractivity contribution in [3.8, 4) is 10.4 Å². The van der Waals surface area contributed by atoms with Crippen LogP contribution < -0.4 is 5.73 Å². The van der Waals surface area contributed by atoms with Crippen molar-refractivity contribution in [2.45, 2.75) is 51.1 Å². The molecule has 0 saturated carbocycles. The first-order chi connectivity index (χ1) is 14.3. The molecule has 4 N–H and O–H groups in total. The second-order valence-electron chi connectivity index (χ2n) is 8.21. The SMILES string of the molecule is Cc1ccc(-c2ccc(C(=N)C(=O)CC3CC4CCC(C3)N4C)c(N)c2)s1.O=CO. The van der Waals surface area contributed by atoms with Crippen molar-refractivity contribution in [2.75, 3.05) is 12.8 Å². The first-order valence-electron chi connectivity index (χ1n) is 10.2. The van der Waals surface area contributed by atoms with Crippen LogP contribution in [0, 0.1) is 18.3 Å². The zero-order chi connectivity index (χ0) is 21.8. The second-order valence-corrected chi connectivity index (χ2v) is 9.50. The monoisotopic (exact) mass is 427 g/mol. The number of piperidine rings is 1. The molecule has 2 saturated heterocycles. The van der Waals surface area contributed by atoms with Gasteiger partial charge in [0.1, 0.15) is 5.71 Å². The molecule has 7 heteroatoms. The van der Waals surface area contributed by atoms with Gasteiger partial charge < -0.3 is 15.7 Å². The lowest BCUT2D eigenvalue weighted by Gasteiger charge is -2.36. The Morgan fingerprint density at radius 2 is 1.90 bits per heavy atom. The number of carboxylic acid groups (broad SMARTS) is 1. The number of benzene rings is 1. The van der Waals surface area contributed by atoms with Gasteiger partial charge in [-0.3, -0.25) is 15.0 Å². The maximum absolute atomic E-state index is 12.7. The third kappa shape index (κ3) is 4.79. The van der Waals surface area contributed by atoms with E-state index in [1.165, 1.54) is 17.7 Å². The van der Waals surface area contributed by atoms with E-state index in [-0.39, 0.29) is 18.0 Å². The van der Waals surface area contributed by atoms with Crippen molar-refractivity contribution in [1.29, 1.82) is 5.41 Å². The summed E-state index contributed by atoms with van der Waals surface area (Å²) in [5.74, 6) is 0.330. The summed E-state index contributed by atoms with van der Waals surface area (Å²) in [7, 11) is 2.21. The molecule has 2 fully saturated rings. The van der Waals surface area contributed by atoms with Gasteiger partial charge in [-0.25, -0.2) is 0 Å². The quantitative estimate of drug-likeness (QED) is 0.376. The number of carbonyl (C=O) groups is 2. The zero-order valence-corrected chi connectivity index (χ0v) is 18.2. The van der Waals surface area contributed by atoms with Crippen LogP contribution in [0.4, 0.5) is 5.69 Å².